The Kier molecular flexibility index (Phi) is 3.78. The van der Waals surface area contributed by atoms with Gasteiger partial charge in [0.15, 0.2) is 0 Å². The van der Waals surface area contributed by atoms with E-state index in [1.54, 1.807) is 13.2 Å². The van der Waals surface area contributed by atoms with E-state index in [0.29, 0.717) is 5.00 Å². The number of hydrogen-bond donors (Lipinski definition) is 2. The summed E-state index contributed by atoms with van der Waals surface area (Å²) in [7, 11) is 1.60. The molecule has 1 aromatic heterocycles. The molecule has 0 saturated heterocycles. The topological polar surface area (TPSA) is 72.5 Å². The third-order valence-corrected chi connectivity index (χ3v) is 4.42. The molecular weight excluding hydrogens is 270 g/mol. The van der Waals surface area contributed by atoms with Gasteiger partial charge in [0.2, 0.25) is 0 Å². The summed E-state index contributed by atoms with van der Waals surface area (Å²) in [6.45, 7) is 0. The van der Waals surface area contributed by atoms with Crippen LogP contribution in [0.2, 0.25) is 0 Å². The van der Waals surface area contributed by atoms with Gasteiger partial charge in [-0.05, 0) is 18.2 Å². The van der Waals surface area contributed by atoms with Crippen LogP contribution in [0, 0.1) is 0 Å². The van der Waals surface area contributed by atoms with Crippen LogP contribution in [0.1, 0.15) is 9.67 Å². The molecule has 0 saturated carbocycles. The Hall–Kier alpha value is -1.66. The van der Waals surface area contributed by atoms with Crippen molar-refractivity contribution in [2.24, 2.45) is 0 Å². The molecule has 0 aliphatic heterocycles. The number of ether oxygens (including phenoxy) is 1. The van der Waals surface area contributed by atoms with Crippen LogP contribution in [0.4, 0.5) is 5.00 Å². The quantitative estimate of drug-likeness (QED) is 0.900. The maximum Gasteiger partial charge on any atom is 0.345 e. The zero-order valence-corrected chi connectivity index (χ0v) is 11.2. The fourth-order valence-electron chi connectivity index (χ4n) is 1.40. The smallest absolute Gasteiger partial charge is 0.345 e. The Morgan fingerprint density at radius 3 is 2.72 bits per heavy atom. The number of hydrogen-bond acceptors (Lipinski definition) is 5. The lowest BCUT2D eigenvalue weighted by Crippen LogP contribution is -1.89. The molecule has 18 heavy (non-hydrogen) atoms. The van der Waals surface area contributed by atoms with Crippen LogP contribution in [0.5, 0.6) is 5.75 Å². The molecule has 0 amide bonds. The van der Waals surface area contributed by atoms with Gasteiger partial charge in [-0.25, -0.2) is 4.79 Å². The number of methoxy groups -OCH3 is 1. The van der Waals surface area contributed by atoms with Crippen LogP contribution in [0.25, 0.3) is 0 Å². The van der Waals surface area contributed by atoms with Crippen molar-refractivity contribution in [2.75, 3.05) is 12.8 Å². The second-order valence-electron chi connectivity index (χ2n) is 3.40. The predicted octanol–water partition coefficient (Wildman–Crippen LogP) is 3.19. The van der Waals surface area contributed by atoms with E-state index < -0.39 is 5.97 Å². The molecule has 0 unspecified atom stereocenters. The number of nitrogens with two attached hydrogens (primary N) is 1. The fourth-order valence-corrected chi connectivity index (χ4v) is 3.29. The largest absolute Gasteiger partial charge is 0.496 e. The van der Waals surface area contributed by atoms with Crippen molar-refractivity contribution in [3.8, 4) is 5.75 Å². The Balaban J connectivity index is 2.31. The van der Waals surface area contributed by atoms with Crippen molar-refractivity contribution in [3.63, 3.8) is 0 Å². The maximum atomic E-state index is 10.9. The van der Waals surface area contributed by atoms with Crippen LogP contribution in [0.15, 0.2) is 40.1 Å². The Morgan fingerprint density at radius 1 is 1.39 bits per heavy atom. The second kappa shape index (κ2) is 5.32. The third-order valence-electron chi connectivity index (χ3n) is 2.22. The number of para-hydroxylation sites is 1. The molecule has 94 valence electrons. The number of carbonyl (C=O) groups is 1. The van der Waals surface area contributed by atoms with Crippen molar-refractivity contribution in [1.82, 2.24) is 0 Å². The number of anilines is 1. The summed E-state index contributed by atoms with van der Waals surface area (Å²) in [6, 6.07) is 9.11. The molecule has 0 spiro atoms. The highest BCUT2D eigenvalue weighted by Gasteiger charge is 2.14. The van der Waals surface area contributed by atoms with Crippen molar-refractivity contribution >= 4 is 34.1 Å². The molecule has 6 heteroatoms. The molecule has 0 radical (unpaired) electrons. The van der Waals surface area contributed by atoms with E-state index >= 15 is 0 Å². The lowest BCUT2D eigenvalue weighted by molar-refractivity contribution is 0.0702. The summed E-state index contributed by atoms with van der Waals surface area (Å²) in [5.41, 5.74) is 5.81. The van der Waals surface area contributed by atoms with Gasteiger partial charge in [-0.3, -0.25) is 0 Å². The van der Waals surface area contributed by atoms with Gasteiger partial charge in [-0.2, -0.15) is 0 Å². The molecule has 0 aliphatic carbocycles. The predicted molar refractivity (Wildman–Crippen MR) is 72.8 cm³/mol. The number of carboxylic acids is 1. The molecule has 2 aromatic rings. The highest BCUT2D eigenvalue weighted by molar-refractivity contribution is 7.99. The first-order valence-electron chi connectivity index (χ1n) is 5.05. The molecular formula is C12H11NO3S2. The third kappa shape index (κ3) is 2.60. The number of thiophene rings is 1. The molecule has 1 heterocycles. The van der Waals surface area contributed by atoms with Crippen LogP contribution in [-0.4, -0.2) is 18.2 Å². The lowest BCUT2D eigenvalue weighted by Gasteiger charge is -2.06. The van der Waals surface area contributed by atoms with E-state index in [-0.39, 0.29) is 4.88 Å². The Bertz CT molecular complexity index is 580. The van der Waals surface area contributed by atoms with Crippen molar-refractivity contribution < 1.29 is 14.6 Å². The Labute approximate surface area is 112 Å². The molecule has 0 atom stereocenters. The summed E-state index contributed by atoms with van der Waals surface area (Å²) in [5.74, 6) is -0.219. The van der Waals surface area contributed by atoms with Gasteiger partial charge in [0.05, 0.1) is 12.0 Å². The highest BCUT2D eigenvalue weighted by Crippen LogP contribution is 2.41. The first-order valence-corrected chi connectivity index (χ1v) is 6.68. The summed E-state index contributed by atoms with van der Waals surface area (Å²) in [4.78, 5) is 12.7. The minimum Gasteiger partial charge on any atom is -0.496 e. The normalized spacial score (nSPS) is 10.3. The maximum absolute atomic E-state index is 10.9. The van der Waals surface area contributed by atoms with Crippen molar-refractivity contribution in [3.05, 3.63) is 35.2 Å². The van der Waals surface area contributed by atoms with Crippen LogP contribution in [0.3, 0.4) is 0 Å². The molecule has 3 N–H and O–H groups in total. The number of rotatable bonds is 4. The molecule has 1 aromatic carbocycles. The van der Waals surface area contributed by atoms with E-state index in [0.717, 1.165) is 26.9 Å². The van der Waals surface area contributed by atoms with E-state index in [1.165, 1.54) is 11.8 Å². The zero-order valence-electron chi connectivity index (χ0n) is 9.54. The van der Waals surface area contributed by atoms with E-state index in [2.05, 4.69) is 0 Å². The fraction of sp³-hybridized carbons (Fsp3) is 0.0833. The van der Waals surface area contributed by atoms with Crippen LogP contribution < -0.4 is 10.5 Å². The zero-order chi connectivity index (χ0) is 13.1. The SMILES string of the molecule is COc1ccccc1Sc1cc(C(=O)O)sc1N. The van der Waals surface area contributed by atoms with Crippen molar-refractivity contribution in [2.45, 2.75) is 9.79 Å². The van der Waals surface area contributed by atoms with Crippen molar-refractivity contribution in [1.29, 1.82) is 0 Å². The summed E-state index contributed by atoms with van der Waals surface area (Å²) in [6.07, 6.45) is 0. The average Bonchev–Trinajstić information content (AvgIpc) is 2.72. The van der Waals surface area contributed by atoms with Gasteiger partial charge >= 0.3 is 5.97 Å². The molecule has 0 fully saturated rings. The first-order chi connectivity index (χ1) is 8.61. The second-order valence-corrected chi connectivity index (χ2v) is 5.56. The highest BCUT2D eigenvalue weighted by atomic mass is 32.2. The van der Waals surface area contributed by atoms with Gasteiger partial charge in [-0.1, -0.05) is 23.9 Å². The lowest BCUT2D eigenvalue weighted by atomic mass is 10.3. The number of carboxylic acid groups (broad SMARTS) is 1. The number of aromatic carboxylic acids is 1. The average molecular weight is 281 g/mol. The van der Waals surface area contributed by atoms with Crippen LogP contribution >= 0.6 is 23.1 Å². The molecule has 2 rings (SSSR count). The standard InChI is InChI=1S/C12H11NO3S2/c1-16-7-4-2-3-5-8(7)17-9-6-10(12(14)15)18-11(9)13/h2-6H,13H2,1H3,(H,14,15). The van der Waals surface area contributed by atoms with Gasteiger partial charge < -0.3 is 15.6 Å². The summed E-state index contributed by atoms with van der Waals surface area (Å²) < 4.78 is 5.24. The first kappa shape index (κ1) is 12.8. The summed E-state index contributed by atoms with van der Waals surface area (Å²) in [5, 5.41) is 9.41. The monoisotopic (exact) mass is 281 g/mol. The minimum atomic E-state index is -0.960. The molecule has 4 nitrogen and oxygen atoms in total. The van der Waals surface area contributed by atoms with Gasteiger partial charge in [0.1, 0.15) is 15.6 Å². The van der Waals surface area contributed by atoms with Gasteiger partial charge in [0, 0.05) is 4.90 Å². The van der Waals surface area contributed by atoms with Crippen LogP contribution in [-0.2, 0) is 0 Å². The van der Waals surface area contributed by atoms with E-state index in [1.807, 2.05) is 24.3 Å². The molecule has 0 bridgehead atoms. The number of nitrogen functional groups attached to an aromatic ring is 1. The van der Waals surface area contributed by atoms with Gasteiger partial charge in [0.25, 0.3) is 0 Å². The number of benzene rings is 1. The molecule has 0 aliphatic rings. The minimum absolute atomic E-state index is 0.241. The van der Waals surface area contributed by atoms with Gasteiger partial charge in [-0.15, -0.1) is 11.3 Å². The van der Waals surface area contributed by atoms with E-state index in [4.69, 9.17) is 15.6 Å². The van der Waals surface area contributed by atoms with E-state index in [9.17, 15) is 4.79 Å². The summed E-state index contributed by atoms with van der Waals surface area (Å²) >= 11 is 2.47. The Morgan fingerprint density at radius 2 is 2.11 bits per heavy atom.